The zero-order valence-corrected chi connectivity index (χ0v) is 18.2. The van der Waals surface area contributed by atoms with Crippen molar-refractivity contribution < 1.29 is 19.2 Å². The van der Waals surface area contributed by atoms with Crippen LogP contribution < -0.4 is 10.1 Å². The number of benzene rings is 2. The summed E-state index contributed by atoms with van der Waals surface area (Å²) in [6.45, 7) is 3.44. The molecule has 1 aliphatic heterocycles. The van der Waals surface area contributed by atoms with Crippen LogP contribution in [0.5, 0.6) is 5.75 Å². The Balaban J connectivity index is 1.43. The van der Waals surface area contributed by atoms with E-state index in [-0.39, 0.29) is 11.6 Å². The molecule has 0 bridgehead atoms. The van der Waals surface area contributed by atoms with E-state index < -0.39 is 4.92 Å². The van der Waals surface area contributed by atoms with Gasteiger partial charge in [0.15, 0.2) is 0 Å². The zero-order chi connectivity index (χ0) is 22.8. The molecule has 0 radical (unpaired) electrons. The molecule has 1 aliphatic rings. The molecule has 1 saturated heterocycles. The minimum Gasteiger partial charge on any atom is -0.492 e. The Kier molecular flexibility index (Phi) is 8.77. The monoisotopic (exact) mass is 439 g/mol. The fraction of sp³-hybridized carbons (Fsp3) is 0.375. The molecule has 0 atom stereocenters. The number of carbonyl (C=O) groups is 1. The predicted molar refractivity (Wildman–Crippen MR) is 122 cm³/mol. The molecule has 170 valence electrons. The molecule has 2 aromatic rings. The van der Waals surface area contributed by atoms with E-state index in [1.807, 2.05) is 24.3 Å². The van der Waals surface area contributed by atoms with Crippen LogP contribution in [-0.4, -0.2) is 55.2 Å². The van der Waals surface area contributed by atoms with Crippen LogP contribution in [0.15, 0.2) is 54.6 Å². The molecule has 2 aromatic carbocycles. The van der Waals surface area contributed by atoms with Crippen molar-refractivity contribution in [3.05, 3.63) is 75.8 Å². The Morgan fingerprint density at radius 1 is 1.25 bits per heavy atom. The van der Waals surface area contributed by atoms with Crippen LogP contribution in [0.1, 0.15) is 24.0 Å². The highest BCUT2D eigenvalue weighted by Crippen LogP contribution is 2.16. The van der Waals surface area contributed by atoms with Gasteiger partial charge in [-0.05, 0) is 49.2 Å². The number of amides is 1. The van der Waals surface area contributed by atoms with Crippen LogP contribution in [0.3, 0.4) is 0 Å². The fourth-order valence-corrected chi connectivity index (χ4v) is 3.52. The third-order valence-corrected chi connectivity index (χ3v) is 5.40. The summed E-state index contributed by atoms with van der Waals surface area (Å²) in [5, 5.41) is 13.7. The van der Waals surface area contributed by atoms with E-state index in [0.717, 1.165) is 43.9 Å². The second-order valence-electron chi connectivity index (χ2n) is 7.72. The Labute approximate surface area is 188 Å². The second kappa shape index (κ2) is 12.0. The van der Waals surface area contributed by atoms with E-state index >= 15 is 0 Å². The molecule has 1 fully saturated rings. The van der Waals surface area contributed by atoms with Crippen LogP contribution in [0.2, 0.25) is 0 Å². The molecule has 0 aliphatic carbocycles. The lowest BCUT2D eigenvalue weighted by atomic mass is 10.1. The minimum absolute atomic E-state index is 0.0108. The lowest BCUT2D eigenvalue weighted by Crippen LogP contribution is -2.38. The molecule has 0 saturated carbocycles. The summed E-state index contributed by atoms with van der Waals surface area (Å²) in [7, 11) is 2.12. The Morgan fingerprint density at radius 2 is 2.03 bits per heavy atom. The topological polar surface area (TPSA) is 93.9 Å². The number of rotatable bonds is 10. The van der Waals surface area contributed by atoms with Crippen LogP contribution in [-0.2, 0) is 16.1 Å². The minimum atomic E-state index is -0.463. The number of ether oxygens (including phenoxy) is 2. The molecule has 3 rings (SSSR count). The van der Waals surface area contributed by atoms with Gasteiger partial charge >= 0.3 is 0 Å². The molecule has 32 heavy (non-hydrogen) atoms. The third kappa shape index (κ3) is 7.47. The van der Waals surface area contributed by atoms with Crippen molar-refractivity contribution in [3.63, 3.8) is 0 Å². The van der Waals surface area contributed by atoms with Crippen LogP contribution in [0, 0.1) is 10.1 Å². The summed E-state index contributed by atoms with van der Waals surface area (Å²) in [5.41, 5.74) is 1.51. The van der Waals surface area contributed by atoms with Gasteiger partial charge in [-0.3, -0.25) is 19.8 Å². The van der Waals surface area contributed by atoms with Crippen molar-refractivity contribution in [1.82, 2.24) is 10.2 Å². The van der Waals surface area contributed by atoms with Gasteiger partial charge in [-0.15, -0.1) is 0 Å². The lowest BCUT2D eigenvalue weighted by Gasteiger charge is -2.31. The maximum atomic E-state index is 12.1. The zero-order valence-electron chi connectivity index (χ0n) is 18.2. The number of likely N-dealkylation sites (N-methyl/N-ethyl adjacent to an activating group) is 1. The largest absolute Gasteiger partial charge is 0.492 e. The molecular formula is C24H29N3O5. The van der Waals surface area contributed by atoms with Gasteiger partial charge in [-0.25, -0.2) is 0 Å². The van der Waals surface area contributed by atoms with Crippen molar-refractivity contribution >= 4 is 17.7 Å². The van der Waals surface area contributed by atoms with E-state index in [4.69, 9.17) is 9.47 Å². The summed E-state index contributed by atoms with van der Waals surface area (Å²) >= 11 is 0. The number of hydrogen-bond acceptors (Lipinski definition) is 6. The van der Waals surface area contributed by atoms with Crippen molar-refractivity contribution in [2.24, 2.45) is 0 Å². The SMILES string of the molecule is CN(CCOc1cccc(CNC(=O)/C=C/c2cccc([N+](=O)[O-])c2)c1)C1CCOCC1. The van der Waals surface area contributed by atoms with Gasteiger partial charge in [-0.1, -0.05) is 24.3 Å². The average molecular weight is 440 g/mol. The van der Waals surface area contributed by atoms with E-state index in [1.165, 1.54) is 18.2 Å². The third-order valence-electron chi connectivity index (χ3n) is 5.40. The molecule has 8 nitrogen and oxygen atoms in total. The molecule has 0 spiro atoms. The predicted octanol–water partition coefficient (Wildman–Crippen LogP) is 3.41. The molecule has 0 aromatic heterocycles. The van der Waals surface area contributed by atoms with Gasteiger partial charge in [0.05, 0.1) is 4.92 Å². The standard InChI is InChI=1S/C24H29N3O5/c1-26(21-10-13-31-14-11-21)12-15-32-23-7-3-5-20(17-23)18-25-24(28)9-8-19-4-2-6-22(16-19)27(29)30/h2-9,16-17,21H,10-15,18H2,1H3,(H,25,28)/b9-8+. The first kappa shape index (κ1) is 23.4. The normalized spacial score (nSPS) is 14.6. The smallest absolute Gasteiger partial charge is 0.270 e. The van der Waals surface area contributed by atoms with Gasteiger partial charge in [0.1, 0.15) is 12.4 Å². The number of non-ortho nitro benzene ring substituents is 1. The molecule has 1 heterocycles. The van der Waals surface area contributed by atoms with Gasteiger partial charge < -0.3 is 14.8 Å². The first-order chi connectivity index (χ1) is 15.5. The molecular weight excluding hydrogens is 410 g/mol. The Bertz CT molecular complexity index is 941. The first-order valence-electron chi connectivity index (χ1n) is 10.7. The number of nitro groups is 1. The van der Waals surface area contributed by atoms with Crippen LogP contribution in [0.4, 0.5) is 5.69 Å². The Hall–Kier alpha value is -3.23. The van der Waals surface area contributed by atoms with Gasteiger partial charge in [0.2, 0.25) is 5.91 Å². The number of hydrogen-bond donors (Lipinski definition) is 1. The average Bonchev–Trinajstić information content (AvgIpc) is 2.82. The van der Waals surface area contributed by atoms with Crippen molar-refractivity contribution in [3.8, 4) is 5.75 Å². The van der Waals surface area contributed by atoms with Crippen molar-refractivity contribution in [1.29, 1.82) is 0 Å². The lowest BCUT2D eigenvalue weighted by molar-refractivity contribution is -0.384. The second-order valence-corrected chi connectivity index (χ2v) is 7.72. The van der Waals surface area contributed by atoms with Gasteiger partial charge in [-0.2, -0.15) is 0 Å². The number of nitrogens with one attached hydrogen (secondary N) is 1. The number of carbonyl (C=O) groups excluding carboxylic acids is 1. The summed E-state index contributed by atoms with van der Waals surface area (Å²) in [5.74, 6) is 0.491. The molecule has 1 N–H and O–H groups in total. The van der Waals surface area contributed by atoms with E-state index in [0.29, 0.717) is 24.8 Å². The fourth-order valence-electron chi connectivity index (χ4n) is 3.52. The van der Waals surface area contributed by atoms with Crippen LogP contribution >= 0.6 is 0 Å². The van der Waals surface area contributed by atoms with E-state index in [2.05, 4.69) is 17.3 Å². The number of nitrogens with zero attached hydrogens (tertiary/aromatic N) is 2. The van der Waals surface area contributed by atoms with Crippen molar-refractivity contribution in [2.45, 2.75) is 25.4 Å². The van der Waals surface area contributed by atoms with E-state index in [9.17, 15) is 14.9 Å². The highest BCUT2D eigenvalue weighted by molar-refractivity contribution is 5.91. The van der Waals surface area contributed by atoms with Gasteiger partial charge in [0, 0.05) is 50.6 Å². The number of nitro benzene ring substituents is 1. The van der Waals surface area contributed by atoms with E-state index in [1.54, 1.807) is 18.2 Å². The summed E-state index contributed by atoms with van der Waals surface area (Å²) in [4.78, 5) is 24.8. The highest BCUT2D eigenvalue weighted by Gasteiger charge is 2.18. The molecule has 1 amide bonds. The summed E-state index contributed by atoms with van der Waals surface area (Å²) in [6.07, 6.45) is 5.03. The summed E-state index contributed by atoms with van der Waals surface area (Å²) < 4.78 is 11.3. The Morgan fingerprint density at radius 3 is 2.81 bits per heavy atom. The molecule has 0 unspecified atom stereocenters. The van der Waals surface area contributed by atoms with Gasteiger partial charge in [0.25, 0.3) is 5.69 Å². The quantitative estimate of drug-likeness (QED) is 0.346. The maximum absolute atomic E-state index is 12.1. The first-order valence-corrected chi connectivity index (χ1v) is 10.7. The summed E-state index contributed by atoms with van der Waals surface area (Å²) in [6, 6.07) is 14.3. The maximum Gasteiger partial charge on any atom is 0.270 e. The molecule has 8 heteroatoms. The van der Waals surface area contributed by atoms with Crippen molar-refractivity contribution in [2.75, 3.05) is 33.4 Å². The highest BCUT2D eigenvalue weighted by atomic mass is 16.6. The van der Waals surface area contributed by atoms with Crippen LogP contribution in [0.25, 0.3) is 6.08 Å².